The standard InChI is InChI=1S/C18H23N3O3/c1-13(2)17-9-16(20-24-17)18(22)21-8-4-6-15(11-21)23-12-14-5-3-7-19-10-14/h3,5,7,9-10,13,15H,4,6,8,11-12H2,1-2H3. The Morgan fingerprint density at radius 1 is 1.50 bits per heavy atom. The van der Waals surface area contributed by atoms with Gasteiger partial charge in [-0.25, -0.2) is 0 Å². The van der Waals surface area contributed by atoms with Crippen LogP contribution >= 0.6 is 0 Å². The van der Waals surface area contributed by atoms with Crippen LogP contribution in [0.25, 0.3) is 0 Å². The molecule has 0 aromatic carbocycles. The van der Waals surface area contributed by atoms with Crippen LogP contribution in [0.4, 0.5) is 0 Å². The summed E-state index contributed by atoms with van der Waals surface area (Å²) >= 11 is 0. The molecule has 3 heterocycles. The van der Waals surface area contributed by atoms with Gasteiger partial charge in [0.1, 0.15) is 5.76 Å². The second kappa shape index (κ2) is 7.57. The van der Waals surface area contributed by atoms with Gasteiger partial charge in [-0.1, -0.05) is 25.1 Å². The van der Waals surface area contributed by atoms with Gasteiger partial charge in [-0.05, 0) is 24.5 Å². The van der Waals surface area contributed by atoms with Gasteiger partial charge in [0.05, 0.1) is 12.7 Å². The maximum atomic E-state index is 12.6. The van der Waals surface area contributed by atoms with E-state index in [4.69, 9.17) is 9.26 Å². The summed E-state index contributed by atoms with van der Waals surface area (Å²) < 4.78 is 11.2. The zero-order chi connectivity index (χ0) is 16.9. The summed E-state index contributed by atoms with van der Waals surface area (Å²) in [5, 5.41) is 3.92. The molecule has 128 valence electrons. The monoisotopic (exact) mass is 329 g/mol. The lowest BCUT2D eigenvalue weighted by Gasteiger charge is -2.32. The van der Waals surface area contributed by atoms with Gasteiger partial charge in [0.25, 0.3) is 5.91 Å². The molecule has 0 saturated carbocycles. The van der Waals surface area contributed by atoms with Crippen LogP contribution in [0.3, 0.4) is 0 Å². The summed E-state index contributed by atoms with van der Waals surface area (Å²) in [6, 6.07) is 5.63. The van der Waals surface area contributed by atoms with Gasteiger partial charge in [0.2, 0.25) is 0 Å². The van der Waals surface area contributed by atoms with E-state index in [9.17, 15) is 4.79 Å². The maximum Gasteiger partial charge on any atom is 0.276 e. The Morgan fingerprint density at radius 2 is 2.38 bits per heavy atom. The normalized spacial score (nSPS) is 18.1. The van der Waals surface area contributed by atoms with E-state index in [-0.39, 0.29) is 17.9 Å². The number of rotatable bonds is 5. The lowest BCUT2D eigenvalue weighted by molar-refractivity contribution is -0.00707. The van der Waals surface area contributed by atoms with Crippen molar-refractivity contribution in [1.82, 2.24) is 15.0 Å². The van der Waals surface area contributed by atoms with Crippen LogP contribution in [0.1, 0.15) is 54.4 Å². The minimum atomic E-state index is -0.0830. The summed E-state index contributed by atoms with van der Waals surface area (Å²) in [7, 11) is 0. The molecule has 2 aromatic rings. The molecular weight excluding hydrogens is 306 g/mol. The summed E-state index contributed by atoms with van der Waals surface area (Å²) in [6.07, 6.45) is 5.47. The van der Waals surface area contributed by atoms with Crippen molar-refractivity contribution in [3.05, 3.63) is 47.6 Å². The summed E-state index contributed by atoms with van der Waals surface area (Å²) in [6.45, 7) is 5.86. The Balaban J connectivity index is 1.57. The highest BCUT2D eigenvalue weighted by Crippen LogP contribution is 2.20. The van der Waals surface area contributed by atoms with Gasteiger partial charge in [0, 0.05) is 37.5 Å². The Morgan fingerprint density at radius 3 is 3.08 bits per heavy atom. The van der Waals surface area contributed by atoms with E-state index in [0.717, 1.165) is 30.7 Å². The first-order valence-corrected chi connectivity index (χ1v) is 8.40. The molecule has 1 unspecified atom stereocenters. The highest BCUT2D eigenvalue weighted by molar-refractivity contribution is 5.92. The number of hydrogen-bond acceptors (Lipinski definition) is 5. The van der Waals surface area contributed by atoms with Gasteiger partial charge >= 0.3 is 0 Å². The maximum absolute atomic E-state index is 12.6. The van der Waals surface area contributed by atoms with E-state index in [1.165, 1.54) is 0 Å². The minimum absolute atomic E-state index is 0.0411. The van der Waals surface area contributed by atoms with E-state index in [2.05, 4.69) is 10.1 Å². The predicted octanol–water partition coefficient (Wildman–Crippen LogP) is 3.01. The van der Waals surface area contributed by atoms with Gasteiger partial charge in [-0.2, -0.15) is 0 Å². The Kier molecular flexibility index (Phi) is 5.25. The number of hydrogen-bond donors (Lipinski definition) is 0. The molecule has 0 bridgehead atoms. The zero-order valence-corrected chi connectivity index (χ0v) is 14.1. The third kappa shape index (κ3) is 4.00. The van der Waals surface area contributed by atoms with E-state index < -0.39 is 0 Å². The van der Waals surface area contributed by atoms with Crippen molar-refractivity contribution in [2.75, 3.05) is 13.1 Å². The zero-order valence-electron chi connectivity index (χ0n) is 14.1. The number of aromatic nitrogens is 2. The number of ether oxygens (including phenoxy) is 1. The fourth-order valence-electron chi connectivity index (χ4n) is 2.78. The highest BCUT2D eigenvalue weighted by Gasteiger charge is 2.27. The van der Waals surface area contributed by atoms with Crippen molar-refractivity contribution in [2.24, 2.45) is 0 Å². The Bertz CT molecular complexity index is 669. The van der Waals surface area contributed by atoms with Crippen LogP contribution in [0.15, 0.2) is 35.1 Å². The number of carbonyl (C=O) groups excluding carboxylic acids is 1. The van der Waals surface area contributed by atoms with Crippen molar-refractivity contribution in [1.29, 1.82) is 0 Å². The highest BCUT2D eigenvalue weighted by atomic mass is 16.5. The lowest BCUT2D eigenvalue weighted by Crippen LogP contribution is -2.43. The first-order chi connectivity index (χ1) is 11.6. The third-order valence-electron chi connectivity index (χ3n) is 4.19. The molecule has 1 atom stereocenters. The van der Waals surface area contributed by atoms with Crippen molar-refractivity contribution in [3.8, 4) is 0 Å². The smallest absolute Gasteiger partial charge is 0.276 e. The molecule has 6 heteroatoms. The van der Waals surface area contributed by atoms with Gasteiger partial charge in [-0.15, -0.1) is 0 Å². The molecule has 2 aromatic heterocycles. The fourth-order valence-corrected chi connectivity index (χ4v) is 2.78. The molecule has 0 spiro atoms. The first-order valence-electron chi connectivity index (χ1n) is 8.40. The number of pyridine rings is 1. The quantitative estimate of drug-likeness (QED) is 0.843. The number of amides is 1. The number of piperidine rings is 1. The van der Waals surface area contributed by atoms with Crippen LogP contribution in [-0.4, -0.2) is 40.1 Å². The third-order valence-corrected chi connectivity index (χ3v) is 4.19. The van der Waals surface area contributed by atoms with Crippen molar-refractivity contribution in [3.63, 3.8) is 0 Å². The predicted molar refractivity (Wildman–Crippen MR) is 88.5 cm³/mol. The molecule has 3 rings (SSSR count). The summed E-state index contributed by atoms with van der Waals surface area (Å²) in [4.78, 5) is 18.5. The largest absolute Gasteiger partial charge is 0.372 e. The molecule has 1 saturated heterocycles. The Labute approximate surface area is 141 Å². The SMILES string of the molecule is CC(C)c1cc(C(=O)N2CCCC(OCc3cccnc3)C2)no1. The second-order valence-electron chi connectivity index (χ2n) is 6.46. The number of carbonyl (C=O) groups is 1. The molecule has 1 fully saturated rings. The molecule has 1 aliphatic heterocycles. The molecule has 1 aliphatic rings. The van der Waals surface area contributed by atoms with Crippen LogP contribution in [0.2, 0.25) is 0 Å². The summed E-state index contributed by atoms with van der Waals surface area (Å²) in [5.41, 5.74) is 1.42. The van der Waals surface area contributed by atoms with Crippen molar-refractivity contribution >= 4 is 5.91 Å². The van der Waals surface area contributed by atoms with Crippen LogP contribution in [0, 0.1) is 0 Å². The molecule has 6 nitrogen and oxygen atoms in total. The lowest BCUT2D eigenvalue weighted by atomic mass is 10.1. The first kappa shape index (κ1) is 16.6. The Hall–Kier alpha value is -2.21. The second-order valence-corrected chi connectivity index (χ2v) is 6.46. The summed E-state index contributed by atoms with van der Waals surface area (Å²) in [5.74, 6) is 0.871. The van der Waals surface area contributed by atoms with Gasteiger partial charge in [0.15, 0.2) is 5.69 Å². The number of likely N-dealkylation sites (tertiary alicyclic amines) is 1. The van der Waals surface area contributed by atoms with Crippen molar-refractivity contribution < 1.29 is 14.1 Å². The van der Waals surface area contributed by atoms with E-state index in [1.54, 1.807) is 23.4 Å². The van der Waals surface area contributed by atoms with Crippen LogP contribution in [-0.2, 0) is 11.3 Å². The molecule has 0 aliphatic carbocycles. The molecular formula is C18H23N3O3. The number of nitrogens with zero attached hydrogens (tertiary/aromatic N) is 3. The van der Waals surface area contributed by atoms with Gasteiger partial charge < -0.3 is 14.2 Å². The molecule has 24 heavy (non-hydrogen) atoms. The van der Waals surface area contributed by atoms with Gasteiger partial charge in [-0.3, -0.25) is 9.78 Å². The van der Waals surface area contributed by atoms with Crippen LogP contribution in [0.5, 0.6) is 0 Å². The minimum Gasteiger partial charge on any atom is -0.372 e. The average molecular weight is 329 g/mol. The molecule has 0 N–H and O–H groups in total. The van der Waals surface area contributed by atoms with Crippen molar-refractivity contribution in [2.45, 2.75) is 45.3 Å². The van der Waals surface area contributed by atoms with E-state index >= 15 is 0 Å². The molecule has 1 amide bonds. The topological polar surface area (TPSA) is 68.5 Å². The van der Waals surface area contributed by atoms with Crippen LogP contribution < -0.4 is 0 Å². The van der Waals surface area contributed by atoms with E-state index in [0.29, 0.717) is 18.8 Å². The average Bonchev–Trinajstić information content (AvgIpc) is 3.11. The molecule has 0 radical (unpaired) electrons. The fraction of sp³-hybridized carbons (Fsp3) is 0.500. The van der Waals surface area contributed by atoms with E-state index in [1.807, 2.05) is 26.0 Å².